The monoisotopic (exact) mass is 247 g/mol. The van der Waals surface area contributed by atoms with Gasteiger partial charge in [-0.2, -0.15) is 0 Å². The summed E-state index contributed by atoms with van der Waals surface area (Å²) in [4.78, 5) is 7.11. The average Bonchev–Trinajstić information content (AvgIpc) is 2.77. The van der Waals surface area contributed by atoms with Gasteiger partial charge in [0.05, 0.1) is 0 Å². The van der Waals surface area contributed by atoms with Crippen LogP contribution in [0.2, 0.25) is 0 Å². The Morgan fingerprint density at radius 2 is 2.22 bits per heavy atom. The Bertz CT molecular complexity index is 387. The number of rotatable bonds is 4. The van der Waals surface area contributed by atoms with Crippen molar-refractivity contribution in [2.45, 2.75) is 52.1 Å². The highest BCUT2D eigenvalue weighted by Gasteiger charge is 2.29. The van der Waals surface area contributed by atoms with Crippen molar-refractivity contribution >= 4 is 5.82 Å². The van der Waals surface area contributed by atoms with Crippen molar-refractivity contribution in [3.8, 4) is 0 Å². The molecule has 2 N–H and O–H groups in total. The lowest BCUT2D eigenvalue weighted by atomic mass is 10.0. The summed E-state index contributed by atoms with van der Waals surface area (Å²) in [5, 5.41) is 0. The molecule has 0 bridgehead atoms. The summed E-state index contributed by atoms with van der Waals surface area (Å²) in [6.45, 7) is 7.79. The molecule has 2 unspecified atom stereocenters. The number of anilines is 1. The molecular formula is C15H25N3. The minimum Gasteiger partial charge on any atom is -0.353 e. The van der Waals surface area contributed by atoms with E-state index in [4.69, 9.17) is 5.73 Å². The van der Waals surface area contributed by atoms with Gasteiger partial charge >= 0.3 is 0 Å². The molecule has 18 heavy (non-hydrogen) atoms. The fraction of sp³-hybridized carbons (Fsp3) is 0.667. The maximum absolute atomic E-state index is 5.94. The summed E-state index contributed by atoms with van der Waals surface area (Å²) in [5.41, 5.74) is 7.23. The Balaban J connectivity index is 2.26. The van der Waals surface area contributed by atoms with Crippen LogP contribution in [0, 0.1) is 5.92 Å². The Morgan fingerprint density at radius 1 is 1.44 bits per heavy atom. The van der Waals surface area contributed by atoms with E-state index < -0.39 is 0 Å². The molecule has 1 saturated heterocycles. The zero-order valence-corrected chi connectivity index (χ0v) is 11.8. The van der Waals surface area contributed by atoms with E-state index in [1.807, 2.05) is 12.3 Å². The molecule has 0 saturated carbocycles. The van der Waals surface area contributed by atoms with Gasteiger partial charge < -0.3 is 10.6 Å². The highest BCUT2D eigenvalue weighted by Crippen LogP contribution is 2.30. The zero-order valence-electron chi connectivity index (χ0n) is 11.8. The predicted octanol–water partition coefficient (Wildman–Crippen LogP) is 2.60. The second kappa shape index (κ2) is 5.70. The van der Waals surface area contributed by atoms with Crippen molar-refractivity contribution < 1.29 is 0 Å². The largest absolute Gasteiger partial charge is 0.353 e. The molecule has 1 aliphatic heterocycles. The van der Waals surface area contributed by atoms with E-state index in [2.05, 4.69) is 36.7 Å². The molecule has 1 aliphatic rings. The summed E-state index contributed by atoms with van der Waals surface area (Å²) in [6, 6.07) is 5.00. The van der Waals surface area contributed by atoms with E-state index in [-0.39, 0.29) is 6.04 Å². The SMILES string of the molecule is CC(N)Cc1cccnc1N1CCCC1C(C)C. The fourth-order valence-electron chi connectivity index (χ4n) is 2.94. The van der Waals surface area contributed by atoms with Gasteiger partial charge in [-0.1, -0.05) is 19.9 Å². The summed E-state index contributed by atoms with van der Waals surface area (Å²) in [6.07, 6.45) is 5.36. The van der Waals surface area contributed by atoms with E-state index in [0.717, 1.165) is 18.8 Å². The number of aromatic nitrogens is 1. The van der Waals surface area contributed by atoms with Gasteiger partial charge in [-0.05, 0) is 43.7 Å². The standard InChI is InChI=1S/C15H25N3/c1-11(2)14-7-5-9-18(14)15-13(10-12(3)16)6-4-8-17-15/h4,6,8,11-12,14H,5,7,9-10,16H2,1-3H3. The van der Waals surface area contributed by atoms with Gasteiger partial charge in [0.1, 0.15) is 5.82 Å². The second-order valence-electron chi connectivity index (χ2n) is 5.81. The molecular weight excluding hydrogens is 222 g/mol. The topological polar surface area (TPSA) is 42.1 Å². The number of nitrogens with two attached hydrogens (primary N) is 1. The third-order valence-corrected chi connectivity index (χ3v) is 3.75. The Kier molecular flexibility index (Phi) is 4.23. The van der Waals surface area contributed by atoms with Crippen molar-refractivity contribution in [3.05, 3.63) is 23.9 Å². The summed E-state index contributed by atoms with van der Waals surface area (Å²) in [7, 11) is 0. The Morgan fingerprint density at radius 3 is 2.89 bits per heavy atom. The van der Waals surface area contributed by atoms with Gasteiger partial charge in [-0.25, -0.2) is 4.98 Å². The van der Waals surface area contributed by atoms with Crippen LogP contribution in [-0.4, -0.2) is 23.6 Å². The molecule has 100 valence electrons. The number of nitrogens with zero attached hydrogens (tertiary/aromatic N) is 2. The molecule has 3 nitrogen and oxygen atoms in total. The summed E-state index contributed by atoms with van der Waals surface area (Å²) < 4.78 is 0. The van der Waals surface area contributed by atoms with Crippen LogP contribution < -0.4 is 10.6 Å². The minimum atomic E-state index is 0.188. The normalized spacial score (nSPS) is 21.6. The average molecular weight is 247 g/mol. The summed E-state index contributed by atoms with van der Waals surface area (Å²) >= 11 is 0. The van der Waals surface area contributed by atoms with Crippen LogP contribution in [0.25, 0.3) is 0 Å². The van der Waals surface area contributed by atoms with E-state index in [0.29, 0.717) is 12.0 Å². The van der Waals surface area contributed by atoms with E-state index in [9.17, 15) is 0 Å². The van der Waals surface area contributed by atoms with Gasteiger partial charge in [0, 0.05) is 24.8 Å². The first kappa shape index (κ1) is 13.3. The minimum absolute atomic E-state index is 0.188. The quantitative estimate of drug-likeness (QED) is 0.889. The van der Waals surface area contributed by atoms with Crippen LogP contribution >= 0.6 is 0 Å². The molecule has 2 rings (SSSR count). The van der Waals surface area contributed by atoms with Crippen LogP contribution in [0.4, 0.5) is 5.82 Å². The maximum atomic E-state index is 5.94. The highest BCUT2D eigenvalue weighted by atomic mass is 15.2. The molecule has 1 aromatic heterocycles. The third kappa shape index (κ3) is 2.83. The van der Waals surface area contributed by atoms with Crippen molar-refractivity contribution in [2.75, 3.05) is 11.4 Å². The Hall–Kier alpha value is -1.09. The highest BCUT2D eigenvalue weighted by molar-refractivity contribution is 5.49. The lowest BCUT2D eigenvalue weighted by Crippen LogP contribution is -2.35. The van der Waals surface area contributed by atoms with Crippen LogP contribution in [0.3, 0.4) is 0 Å². The number of pyridine rings is 1. The van der Waals surface area contributed by atoms with Crippen molar-refractivity contribution in [1.29, 1.82) is 0 Å². The second-order valence-corrected chi connectivity index (χ2v) is 5.81. The molecule has 0 radical (unpaired) electrons. The lowest BCUT2D eigenvalue weighted by Gasteiger charge is -2.30. The predicted molar refractivity (Wildman–Crippen MR) is 76.8 cm³/mol. The van der Waals surface area contributed by atoms with Crippen LogP contribution in [0.1, 0.15) is 39.2 Å². The van der Waals surface area contributed by atoms with Gasteiger partial charge in [0.25, 0.3) is 0 Å². The van der Waals surface area contributed by atoms with E-state index >= 15 is 0 Å². The first-order chi connectivity index (χ1) is 8.59. The number of hydrogen-bond acceptors (Lipinski definition) is 3. The molecule has 2 atom stereocenters. The molecule has 1 fully saturated rings. The van der Waals surface area contributed by atoms with Crippen LogP contribution in [-0.2, 0) is 6.42 Å². The van der Waals surface area contributed by atoms with Gasteiger partial charge in [-0.15, -0.1) is 0 Å². The molecule has 1 aromatic rings. The Labute approximate surface area is 110 Å². The third-order valence-electron chi connectivity index (χ3n) is 3.75. The van der Waals surface area contributed by atoms with Crippen LogP contribution in [0.5, 0.6) is 0 Å². The molecule has 0 aromatic carbocycles. The van der Waals surface area contributed by atoms with Gasteiger partial charge in [0.2, 0.25) is 0 Å². The smallest absolute Gasteiger partial charge is 0.132 e. The molecule has 2 heterocycles. The molecule has 0 spiro atoms. The van der Waals surface area contributed by atoms with Crippen LogP contribution in [0.15, 0.2) is 18.3 Å². The maximum Gasteiger partial charge on any atom is 0.132 e. The van der Waals surface area contributed by atoms with E-state index in [1.165, 1.54) is 18.4 Å². The molecule has 0 amide bonds. The zero-order chi connectivity index (χ0) is 13.1. The van der Waals surface area contributed by atoms with Crippen molar-refractivity contribution in [1.82, 2.24) is 4.98 Å². The van der Waals surface area contributed by atoms with Gasteiger partial charge in [0.15, 0.2) is 0 Å². The molecule has 0 aliphatic carbocycles. The van der Waals surface area contributed by atoms with Crippen molar-refractivity contribution in [2.24, 2.45) is 11.7 Å². The first-order valence-electron chi connectivity index (χ1n) is 7.05. The first-order valence-corrected chi connectivity index (χ1v) is 7.05. The van der Waals surface area contributed by atoms with Crippen molar-refractivity contribution in [3.63, 3.8) is 0 Å². The number of hydrogen-bond donors (Lipinski definition) is 1. The fourth-order valence-corrected chi connectivity index (χ4v) is 2.94. The lowest BCUT2D eigenvalue weighted by molar-refractivity contribution is 0.488. The van der Waals surface area contributed by atoms with Gasteiger partial charge in [-0.3, -0.25) is 0 Å². The summed E-state index contributed by atoms with van der Waals surface area (Å²) in [5.74, 6) is 1.84. The molecule has 3 heteroatoms. The van der Waals surface area contributed by atoms with E-state index in [1.54, 1.807) is 0 Å².